The van der Waals surface area contributed by atoms with Crippen molar-refractivity contribution in [1.82, 2.24) is 4.98 Å². The Hall–Kier alpha value is -3.71. The van der Waals surface area contributed by atoms with E-state index in [9.17, 15) is 5.11 Å². The van der Waals surface area contributed by atoms with E-state index in [2.05, 4.69) is 27.2 Å². The van der Waals surface area contributed by atoms with Gasteiger partial charge < -0.3 is 27.2 Å². The molecule has 0 fully saturated rings. The van der Waals surface area contributed by atoms with E-state index in [0.29, 0.717) is 33.5 Å². The summed E-state index contributed by atoms with van der Waals surface area (Å²) >= 11 is 6.26. The summed E-state index contributed by atoms with van der Waals surface area (Å²) in [5, 5.41) is 16.3. The quantitative estimate of drug-likeness (QED) is 0.224. The van der Waals surface area contributed by atoms with Gasteiger partial charge >= 0.3 is 0 Å². The summed E-state index contributed by atoms with van der Waals surface area (Å²) in [7, 11) is 0. The second-order valence-corrected chi connectivity index (χ2v) is 7.26. The first-order chi connectivity index (χ1) is 14.2. The highest BCUT2D eigenvalue weighted by molar-refractivity contribution is 6.33. The molecule has 3 aromatic rings. The first-order valence-electron chi connectivity index (χ1n) is 9.11. The van der Waals surface area contributed by atoms with Crippen LogP contribution >= 0.6 is 11.6 Å². The number of aryl methyl sites for hydroxylation is 1. The maximum Gasteiger partial charge on any atom is 0.198 e. The van der Waals surface area contributed by atoms with E-state index in [1.54, 1.807) is 30.5 Å². The first-order valence-corrected chi connectivity index (χ1v) is 9.49. The number of nitrogens with two attached hydrogens (primary N) is 2. The van der Waals surface area contributed by atoms with Crippen molar-refractivity contribution >= 4 is 40.4 Å². The number of nitrogens with one attached hydrogen (secondary N) is 2. The minimum atomic E-state index is 0.124. The summed E-state index contributed by atoms with van der Waals surface area (Å²) in [5.74, 6) is 0.986. The number of allylic oxidation sites excluding steroid dienone is 1. The number of aromatic nitrogens is 1. The van der Waals surface area contributed by atoms with Crippen LogP contribution < -0.4 is 22.1 Å². The lowest BCUT2D eigenvalue weighted by molar-refractivity contribution is 0.475. The molecule has 0 aliphatic heterocycles. The Morgan fingerprint density at radius 3 is 2.57 bits per heavy atom. The molecule has 3 rings (SSSR count). The molecule has 0 saturated heterocycles. The van der Waals surface area contributed by atoms with E-state index in [0.717, 1.165) is 16.8 Å². The molecule has 0 atom stereocenters. The minimum Gasteiger partial charge on any atom is -0.508 e. The second kappa shape index (κ2) is 8.75. The van der Waals surface area contributed by atoms with Crippen LogP contribution in [0.15, 0.2) is 65.9 Å². The van der Waals surface area contributed by atoms with Crippen molar-refractivity contribution < 1.29 is 5.11 Å². The molecular formula is C22H23ClN6O. The molecule has 0 aliphatic rings. The molecule has 30 heavy (non-hydrogen) atoms. The molecule has 0 amide bonds. The zero-order valence-corrected chi connectivity index (χ0v) is 17.5. The van der Waals surface area contributed by atoms with Gasteiger partial charge in [0.25, 0.3) is 0 Å². The Kier molecular flexibility index (Phi) is 6.13. The van der Waals surface area contributed by atoms with E-state index in [1.165, 1.54) is 6.07 Å². The lowest BCUT2D eigenvalue weighted by Gasteiger charge is -2.12. The molecule has 0 radical (unpaired) electrons. The number of nitrogen functional groups attached to an aromatic ring is 1. The van der Waals surface area contributed by atoms with E-state index in [4.69, 9.17) is 23.1 Å². The molecule has 8 heteroatoms. The topological polar surface area (TPSA) is 122 Å². The number of hydrogen-bond donors (Lipinski definition) is 5. The predicted molar refractivity (Wildman–Crippen MR) is 125 cm³/mol. The number of guanidine groups is 1. The summed E-state index contributed by atoms with van der Waals surface area (Å²) < 4.78 is 0. The van der Waals surface area contributed by atoms with Crippen LogP contribution in [0.4, 0.5) is 22.9 Å². The lowest BCUT2D eigenvalue weighted by atomic mass is 10.0. The SMILES string of the molecule is C=C(C)Nc1ccc(NC(N)=Nc2c(C)cc(-c3cc(O)ccc3Cl)cc2N)cn1. The fourth-order valence-corrected chi connectivity index (χ4v) is 3.13. The molecule has 154 valence electrons. The van der Waals surface area contributed by atoms with Gasteiger partial charge in [-0.1, -0.05) is 18.2 Å². The number of rotatable bonds is 5. The van der Waals surface area contributed by atoms with Crippen LogP contribution in [0.5, 0.6) is 5.75 Å². The molecular weight excluding hydrogens is 400 g/mol. The van der Waals surface area contributed by atoms with Gasteiger partial charge in [0.05, 0.1) is 23.3 Å². The third-order valence-electron chi connectivity index (χ3n) is 4.20. The van der Waals surface area contributed by atoms with Crippen LogP contribution in [0.1, 0.15) is 12.5 Å². The van der Waals surface area contributed by atoms with Gasteiger partial charge in [0.2, 0.25) is 0 Å². The molecule has 0 saturated carbocycles. The van der Waals surface area contributed by atoms with Crippen molar-refractivity contribution in [3.05, 3.63) is 71.5 Å². The number of anilines is 3. The highest BCUT2D eigenvalue weighted by Crippen LogP contribution is 2.37. The maximum absolute atomic E-state index is 9.76. The number of nitrogens with zero attached hydrogens (tertiary/aromatic N) is 2. The van der Waals surface area contributed by atoms with Crippen LogP contribution in [0.2, 0.25) is 5.02 Å². The fourth-order valence-electron chi connectivity index (χ4n) is 2.91. The molecule has 7 nitrogen and oxygen atoms in total. The average Bonchev–Trinajstić information content (AvgIpc) is 2.67. The molecule has 1 heterocycles. The number of phenols is 1. The summed E-state index contributed by atoms with van der Waals surface area (Å²) in [6, 6.07) is 12.0. The molecule has 0 aliphatic carbocycles. The number of halogens is 1. The summed E-state index contributed by atoms with van der Waals surface area (Å²) in [6.07, 6.45) is 1.64. The Bertz CT molecular complexity index is 1100. The predicted octanol–water partition coefficient (Wildman–Crippen LogP) is 5.00. The Labute approximate surface area is 180 Å². The van der Waals surface area contributed by atoms with Crippen LogP contribution in [-0.2, 0) is 0 Å². The number of benzene rings is 2. The molecule has 7 N–H and O–H groups in total. The number of hydrogen-bond acceptors (Lipinski definition) is 5. The fraction of sp³-hybridized carbons (Fsp3) is 0.0909. The van der Waals surface area contributed by atoms with Crippen molar-refractivity contribution in [3.63, 3.8) is 0 Å². The average molecular weight is 423 g/mol. The number of phenolic OH excluding ortho intramolecular Hbond substituents is 1. The molecule has 1 aromatic heterocycles. The summed E-state index contributed by atoms with van der Waals surface area (Å²) in [4.78, 5) is 8.69. The molecule has 0 bridgehead atoms. The third kappa shape index (κ3) is 5.01. The summed E-state index contributed by atoms with van der Waals surface area (Å²) in [5.41, 5.74) is 17.0. The smallest absolute Gasteiger partial charge is 0.198 e. The van der Waals surface area contributed by atoms with Gasteiger partial charge in [0.15, 0.2) is 5.96 Å². The van der Waals surface area contributed by atoms with Crippen LogP contribution in [0, 0.1) is 6.92 Å². The zero-order chi connectivity index (χ0) is 21.8. The van der Waals surface area contributed by atoms with Gasteiger partial charge in [-0.25, -0.2) is 9.98 Å². The maximum atomic E-state index is 9.76. The molecule has 0 spiro atoms. The zero-order valence-electron chi connectivity index (χ0n) is 16.7. The van der Waals surface area contributed by atoms with Gasteiger partial charge in [0, 0.05) is 16.3 Å². The van der Waals surface area contributed by atoms with Gasteiger partial charge in [0.1, 0.15) is 11.6 Å². The van der Waals surface area contributed by atoms with Gasteiger partial charge in [-0.15, -0.1) is 0 Å². The van der Waals surface area contributed by atoms with Crippen molar-refractivity contribution in [2.45, 2.75) is 13.8 Å². The van der Waals surface area contributed by atoms with Gasteiger partial charge in [-0.3, -0.25) is 0 Å². The Balaban J connectivity index is 1.84. The second-order valence-electron chi connectivity index (χ2n) is 6.85. The van der Waals surface area contributed by atoms with E-state index in [1.807, 2.05) is 26.0 Å². The standard InChI is InChI=1S/C22H23ClN6O/c1-12(2)27-20-7-4-15(11-26-20)28-22(25)29-21-13(3)8-14(9-19(21)24)17-10-16(30)5-6-18(17)23/h4-11,30H,1,24H2,2-3H3,(H,26,27)(H3,25,28,29). The Morgan fingerprint density at radius 2 is 1.93 bits per heavy atom. The number of pyridine rings is 1. The molecule has 0 unspecified atom stereocenters. The normalized spacial score (nSPS) is 11.2. The van der Waals surface area contributed by atoms with Crippen molar-refractivity contribution in [1.29, 1.82) is 0 Å². The van der Waals surface area contributed by atoms with Crippen molar-refractivity contribution in [3.8, 4) is 16.9 Å². The first kappa shape index (κ1) is 21.0. The third-order valence-corrected chi connectivity index (χ3v) is 4.53. The van der Waals surface area contributed by atoms with Crippen LogP contribution in [0.25, 0.3) is 11.1 Å². The highest BCUT2D eigenvalue weighted by atomic mass is 35.5. The lowest BCUT2D eigenvalue weighted by Crippen LogP contribution is -2.22. The number of aliphatic imine (C=N–C) groups is 1. The van der Waals surface area contributed by atoms with Gasteiger partial charge in [-0.2, -0.15) is 0 Å². The van der Waals surface area contributed by atoms with E-state index < -0.39 is 0 Å². The van der Waals surface area contributed by atoms with Crippen molar-refractivity contribution in [2.24, 2.45) is 10.7 Å². The summed E-state index contributed by atoms with van der Waals surface area (Å²) in [6.45, 7) is 7.51. The largest absolute Gasteiger partial charge is 0.508 e. The van der Waals surface area contributed by atoms with Crippen LogP contribution in [-0.4, -0.2) is 16.1 Å². The van der Waals surface area contributed by atoms with Crippen LogP contribution in [0.3, 0.4) is 0 Å². The van der Waals surface area contributed by atoms with E-state index in [-0.39, 0.29) is 11.7 Å². The monoisotopic (exact) mass is 422 g/mol. The molecule has 2 aromatic carbocycles. The van der Waals surface area contributed by atoms with E-state index >= 15 is 0 Å². The Morgan fingerprint density at radius 1 is 1.17 bits per heavy atom. The highest BCUT2D eigenvalue weighted by Gasteiger charge is 2.11. The van der Waals surface area contributed by atoms with Gasteiger partial charge in [-0.05, 0) is 67.4 Å². The number of aromatic hydroxyl groups is 1. The van der Waals surface area contributed by atoms with Crippen molar-refractivity contribution in [2.75, 3.05) is 16.4 Å². The minimum absolute atomic E-state index is 0.124.